The standard InChI is InChI=1S/C26H24Cl3N3O3/c1-16(2)18-8-6-17(7-9-18)13-30-25(33)26(34)32-31-14-19-12-20(27)10-11-24(19)35-15-21-22(28)4-3-5-23(21)29/h3-12,14,16H,13,15H2,1-2H3,(H,30,33)(H,32,34)/b31-14-. The Morgan fingerprint density at radius 1 is 0.971 bits per heavy atom. The van der Waals surface area contributed by atoms with E-state index in [2.05, 4.69) is 29.7 Å². The van der Waals surface area contributed by atoms with E-state index in [-0.39, 0.29) is 13.2 Å². The summed E-state index contributed by atoms with van der Waals surface area (Å²) < 4.78 is 5.84. The number of rotatable bonds is 8. The quantitative estimate of drug-likeness (QED) is 0.208. The second-order valence-corrected chi connectivity index (χ2v) is 9.20. The Morgan fingerprint density at radius 2 is 1.66 bits per heavy atom. The van der Waals surface area contributed by atoms with Gasteiger partial charge in [-0.15, -0.1) is 0 Å². The molecule has 0 atom stereocenters. The smallest absolute Gasteiger partial charge is 0.329 e. The summed E-state index contributed by atoms with van der Waals surface area (Å²) in [5.41, 5.74) is 5.42. The minimum absolute atomic E-state index is 0.119. The fraction of sp³-hybridized carbons (Fsp3) is 0.192. The van der Waals surface area contributed by atoms with Crippen molar-refractivity contribution >= 4 is 52.8 Å². The van der Waals surface area contributed by atoms with Crippen LogP contribution in [0.15, 0.2) is 65.8 Å². The Kier molecular flexibility index (Phi) is 9.55. The van der Waals surface area contributed by atoms with Crippen molar-refractivity contribution in [2.75, 3.05) is 0 Å². The predicted molar refractivity (Wildman–Crippen MR) is 140 cm³/mol. The molecule has 6 nitrogen and oxygen atoms in total. The third-order valence-corrected chi connectivity index (χ3v) is 6.02. The van der Waals surface area contributed by atoms with Crippen LogP contribution < -0.4 is 15.5 Å². The van der Waals surface area contributed by atoms with Gasteiger partial charge in [-0.1, -0.05) is 79.0 Å². The lowest BCUT2D eigenvalue weighted by atomic mass is 10.0. The third kappa shape index (κ3) is 7.72. The maximum atomic E-state index is 12.1. The van der Waals surface area contributed by atoms with Gasteiger partial charge in [0.25, 0.3) is 0 Å². The Hall–Kier alpha value is -3.06. The lowest BCUT2D eigenvalue weighted by molar-refractivity contribution is -0.139. The van der Waals surface area contributed by atoms with E-state index in [0.29, 0.717) is 37.9 Å². The van der Waals surface area contributed by atoms with Crippen molar-refractivity contribution in [3.63, 3.8) is 0 Å². The SMILES string of the molecule is CC(C)c1ccc(CNC(=O)C(=O)N/N=C\c2cc(Cl)ccc2OCc2c(Cl)cccc2Cl)cc1. The summed E-state index contributed by atoms with van der Waals surface area (Å²) in [6, 6.07) is 18.0. The second kappa shape index (κ2) is 12.6. The first-order valence-corrected chi connectivity index (χ1v) is 11.9. The van der Waals surface area contributed by atoms with Crippen LogP contribution in [0.1, 0.15) is 42.0 Å². The van der Waals surface area contributed by atoms with E-state index in [4.69, 9.17) is 39.5 Å². The number of nitrogens with one attached hydrogen (secondary N) is 2. The van der Waals surface area contributed by atoms with E-state index < -0.39 is 11.8 Å². The van der Waals surface area contributed by atoms with Crippen LogP contribution in [0.3, 0.4) is 0 Å². The zero-order valence-electron chi connectivity index (χ0n) is 19.1. The highest BCUT2D eigenvalue weighted by Crippen LogP contribution is 2.27. The Bertz CT molecular complexity index is 1210. The maximum Gasteiger partial charge on any atom is 0.329 e. The van der Waals surface area contributed by atoms with E-state index in [9.17, 15) is 9.59 Å². The zero-order chi connectivity index (χ0) is 25.4. The topological polar surface area (TPSA) is 79.8 Å². The molecule has 0 aromatic heterocycles. The first-order chi connectivity index (χ1) is 16.7. The molecular formula is C26H24Cl3N3O3. The minimum atomic E-state index is -0.896. The summed E-state index contributed by atoms with van der Waals surface area (Å²) in [6.07, 6.45) is 1.34. The number of nitrogens with zero attached hydrogens (tertiary/aromatic N) is 1. The lowest BCUT2D eigenvalue weighted by Crippen LogP contribution is -2.37. The van der Waals surface area contributed by atoms with Crippen LogP contribution in [-0.4, -0.2) is 18.0 Å². The monoisotopic (exact) mass is 531 g/mol. The molecule has 0 aliphatic rings. The number of benzene rings is 3. The molecule has 3 aromatic rings. The number of hydrogen-bond acceptors (Lipinski definition) is 4. The van der Waals surface area contributed by atoms with Gasteiger partial charge in [-0.3, -0.25) is 9.59 Å². The number of amides is 2. The summed E-state index contributed by atoms with van der Waals surface area (Å²) in [4.78, 5) is 24.2. The van der Waals surface area contributed by atoms with Crippen LogP contribution in [0.2, 0.25) is 15.1 Å². The molecule has 0 aliphatic heterocycles. The highest BCUT2D eigenvalue weighted by Gasteiger charge is 2.13. The van der Waals surface area contributed by atoms with E-state index in [0.717, 1.165) is 5.56 Å². The molecule has 0 fully saturated rings. The molecule has 0 aliphatic carbocycles. The van der Waals surface area contributed by atoms with Gasteiger partial charge >= 0.3 is 11.8 Å². The average molecular weight is 533 g/mol. The summed E-state index contributed by atoms with van der Waals surface area (Å²) in [6.45, 7) is 4.56. The van der Waals surface area contributed by atoms with Crippen molar-refractivity contribution in [2.45, 2.75) is 32.9 Å². The van der Waals surface area contributed by atoms with E-state index in [1.54, 1.807) is 36.4 Å². The zero-order valence-corrected chi connectivity index (χ0v) is 21.4. The first kappa shape index (κ1) is 26.5. The van der Waals surface area contributed by atoms with Crippen LogP contribution in [0.4, 0.5) is 0 Å². The molecule has 2 amide bonds. The molecule has 3 rings (SSSR count). The molecule has 0 radical (unpaired) electrons. The molecule has 2 N–H and O–H groups in total. The molecule has 0 unspecified atom stereocenters. The number of carbonyl (C=O) groups is 2. The minimum Gasteiger partial charge on any atom is -0.488 e. The van der Waals surface area contributed by atoms with E-state index in [1.807, 2.05) is 24.3 Å². The largest absolute Gasteiger partial charge is 0.488 e. The van der Waals surface area contributed by atoms with E-state index >= 15 is 0 Å². The summed E-state index contributed by atoms with van der Waals surface area (Å²) in [5, 5.41) is 7.85. The van der Waals surface area contributed by atoms with Gasteiger partial charge in [0.2, 0.25) is 0 Å². The summed E-state index contributed by atoms with van der Waals surface area (Å²) in [5.74, 6) is -0.835. The molecular weight excluding hydrogens is 509 g/mol. The van der Waals surface area contributed by atoms with Crippen molar-refractivity contribution < 1.29 is 14.3 Å². The Labute approximate surface area is 219 Å². The Balaban J connectivity index is 1.57. The van der Waals surface area contributed by atoms with Gasteiger partial charge in [0.15, 0.2) is 0 Å². The van der Waals surface area contributed by atoms with Gasteiger partial charge in [0.05, 0.1) is 6.21 Å². The average Bonchev–Trinajstić information content (AvgIpc) is 2.83. The van der Waals surface area contributed by atoms with Gasteiger partial charge in [-0.05, 0) is 47.4 Å². The van der Waals surface area contributed by atoms with Gasteiger partial charge in [-0.25, -0.2) is 5.43 Å². The van der Waals surface area contributed by atoms with Crippen molar-refractivity contribution in [3.8, 4) is 5.75 Å². The summed E-state index contributed by atoms with van der Waals surface area (Å²) >= 11 is 18.5. The highest BCUT2D eigenvalue weighted by molar-refractivity contribution is 6.36. The molecule has 0 saturated carbocycles. The molecule has 0 heterocycles. The van der Waals surface area contributed by atoms with Crippen molar-refractivity contribution in [2.24, 2.45) is 5.10 Å². The predicted octanol–water partition coefficient (Wildman–Crippen LogP) is 6.12. The van der Waals surface area contributed by atoms with Crippen LogP contribution >= 0.6 is 34.8 Å². The van der Waals surface area contributed by atoms with Gasteiger partial charge < -0.3 is 10.1 Å². The number of halogens is 3. The number of hydrogen-bond donors (Lipinski definition) is 2. The molecule has 9 heteroatoms. The summed E-state index contributed by atoms with van der Waals surface area (Å²) in [7, 11) is 0. The first-order valence-electron chi connectivity index (χ1n) is 10.8. The van der Waals surface area contributed by atoms with Crippen LogP contribution in [-0.2, 0) is 22.7 Å². The molecule has 182 valence electrons. The number of carbonyl (C=O) groups excluding carboxylic acids is 2. The van der Waals surface area contributed by atoms with Crippen molar-refractivity contribution in [3.05, 3.63) is 98.0 Å². The van der Waals surface area contributed by atoms with Crippen molar-refractivity contribution in [1.29, 1.82) is 0 Å². The fourth-order valence-corrected chi connectivity index (χ4v) is 3.75. The molecule has 0 bridgehead atoms. The lowest BCUT2D eigenvalue weighted by Gasteiger charge is -2.12. The van der Waals surface area contributed by atoms with Crippen LogP contribution in [0.25, 0.3) is 0 Å². The molecule has 3 aromatic carbocycles. The number of ether oxygens (including phenoxy) is 1. The van der Waals surface area contributed by atoms with E-state index in [1.165, 1.54) is 11.8 Å². The van der Waals surface area contributed by atoms with Gasteiger partial charge in [-0.2, -0.15) is 5.10 Å². The normalized spacial score (nSPS) is 11.0. The van der Waals surface area contributed by atoms with Gasteiger partial charge in [0, 0.05) is 32.7 Å². The molecule has 0 saturated heterocycles. The van der Waals surface area contributed by atoms with Crippen LogP contribution in [0, 0.1) is 0 Å². The molecule has 0 spiro atoms. The Morgan fingerprint density at radius 3 is 2.31 bits per heavy atom. The van der Waals surface area contributed by atoms with Gasteiger partial charge in [0.1, 0.15) is 12.4 Å². The molecule has 35 heavy (non-hydrogen) atoms. The second-order valence-electron chi connectivity index (χ2n) is 7.95. The fourth-order valence-electron chi connectivity index (χ4n) is 3.07. The van der Waals surface area contributed by atoms with Crippen LogP contribution in [0.5, 0.6) is 5.75 Å². The number of hydrazone groups is 1. The third-order valence-electron chi connectivity index (χ3n) is 5.08. The maximum absolute atomic E-state index is 12.1. The van der Waals surface area contributed by atoms with Crippen molar-refractivity contribution in [1.82, 2.24) is 10.7 Å². The highest BCUT2D eigenvalue weighted by atomic mass is 35.5.